The SMILES string of the molecule is COc1ccc(CCn2cncc2-c2cnc(N3CCOCC3)nc2)cc1C. The highest BCUT2D eigenvalue weighted by atomic mass is 16.5. The van der Waals surface area contributed by atoms with E-state index < -0.39 is 0 Å². The first-order chi connectivity index (χ1) is 13.7. The lowest BCUT2D eigenvalue weighted by Crippen LogP contribution is -2.37. The Balaban J connectivity index is 1.45. The van der Waals surface area contributed by atoms with Crippen LogP contribution in [-0.2, 0) is 17.7 Å². The molecule has 28 heavy (non-hydrogen) atoms. The fourth-order valence-electron chi connectivity index (χ4n) is 3.47. The molecule has 0 bridgehead atoms. The Labute approximate surface area is 165 Å². The molecule has 0 spiro atoms. The molecule has 1 fully saturated rings. The van der Waals surface area contributed by atoms with Gasteiger partial charge in [0.25, 0.3) is 0 Å². The average molecular weight is 379 g/mol. The quantitative estimate of drug-likeness (QED) is 0.656. The van der Waals surface area contributed by atoms with Gasteiger partial charge in [-0.05, 0) is 30.5 Å². The van der Waals surface area contributed by atoms with Gasteiger partial charge in [0.05, 0.1) is 38.5 Å². The molecule has 0 saturated carbocycles. The normalized spacial score (nSPS) is 14.3. The molecule has 0 amide bonds. The molecule has 0 radical (unpaired) electrons. The number of anilines is 1. The van der Waals surface area contributed by atoms with E-state index in [1.807, 2.05) is 31.0 Å². The van der Waals surface area contributed by atoms with Gasteiger partial charge in [-0.25, -0.2) is 15.0 Å². The summed E-state index contributed by atoms with van der Waals surface area (Å²) in [6.45, 7) is 6.02. The molecule has 1 aromatic carbocycles. The first-order valence-electron chi connectivity index (χ1n) is 9.53. The summed E-state index contributed by atoms with van der Waals surface area (Å²) in [6, 6.07) is 6.32. The standard InChI is InChI=1S/C21H25N5O2/c1-16-11-17(3-4-20(16)27-2)5-6-26-15-22-14-19(26)18-12-23-21(24-13-18)25-7-9-28-10-8-25/h3-4,11-15H,5-10H2,1-2H3. The zero-order valence-electron chi connectivity index (χ0n) is 16.3. The number of aryl methyl sites for hydroxylation is 3. The molecule has 1 aliphatic rings. The minimum absolute atomic E-state index is 0.725. The largest absolute Gasteiger partial charge is 0.496 e. The van der Waals surface area contributed by atoms with Crippen molar-refractivity contribution in [1.29, 1.82) is 0 Å². The summed E-state index contributed by atoms with van der Waals surface area (Å²) < 4.78 is 12.9. The number of aromatic nitrogens is 4. The van der Waals surface area contributed by atoms with Crippen LogP contribution in [0.1, 0.15) is 11.1 Å². The minimum atomic E-state index is 0.725. The van der Waals surface area contributed by atoms with Crippen LogP contribution in [0.3, 0.4) is 0 Å². The second-order valence-corrected chi connectivity index (χ2v) is 6.90. The number of methoxy groups -OCH3 is 1. The summed E-state index contributed by atoms with van der Waals surface area (Å²) in [6.07, 6.45) is 8.40. The van der Waals surface area contributed by atoms with Gasteiger partial charge in [0.15, 0.2) is 0 Å². The number of benzene rings is 1. The molecule has 7 heteroatoms. The molecule has 3 aromatic rings. The maximum absolute atomic E-state index is 5.39. The van der Waals surface area contributed by atoms with E-state index in [4.69, 9.17) is 9.47 Å². The maximum atomic E-state index is 5.39. The molecule has 3 heterocycles. The molecular weight excluding hydrogens is 354 g/mol. The second kappa shape index (κ2) is 8.39. The van der Waals surface area contributed by atoms with Gasteiger partial charge in [0, 0.05) is 37.6 Å². The van der Waals surface area contributed by atoms with Gasteiger partial charge in [-0.15, -0.1) is 0 Å². The van der Waals surface area contributed by atoms with Crippen LogP contribution < -0.4 is 9.64 Å². The first-order valence-corrected chi connectivity index (χ1v) is 9.53. The van der Waals surface area contributed by atoms with E-state index in [0.717, 1.165) is 67.8 Å². The highest BCUT2D eigenvalue weighted by Gasteiger charge is 2.14. The topological polar surface area (TPSA) is 65.3 Å². The fourth-order valence-corrected chi connectivity index (χ4v) is 3.47. The third kappa shape index (κ3) is 3.99. The predicted molar refractivity (Wildman–Crippen MR) is 108 cm³/mol. The Hall–Kier alpha value is -2.93. The number of ether oxygens (including phenoxy) is 2. The van der Waals surface area contributed by atoms with Crippen molar-refractivity contribution in [2.24, 2.45) is 0 Å². The van der Waals surface area contributed by atoms with E-state index >= 15 is 0 Å². The lowest BCUT2D eigenvalue weighted by atomic mass is 10.1. The molecule has 1 aliphatic heterocycles. The zero-order chi connectivity index (χ0) is 19.3. The third-order valence-electron chi connectivity index (χ3n) is 5.04. The van der Waals surface area contributed by atoms with Crippen molar-refractivity contribution < 1.29 is 9.47 Å². The van der Waals surface area contributed by atoms with Crippen molar-refractivity contribution in [2.45, 2.75) is 19.9 Å². The maximum Gasteiger partial charge on any atom is 0.225 e. The Kier molecular flexibility index (Phi) is 5.53. The van der Waals surface area contributed by atoms with Crippen molar-refractivity contribution in [2.75, 3.05) is 38.3 Å². The van der Waals surface area contributed by atoms with Crippen LogP contribution in [0.25, 0.3) is 11.3 Å². The van der Waals surface area contributed by atoms with Crippen LogP contribution in [0.2, 0.25) is 0 Å². The lowest BCUT2D eigenvalue weighted by Gasteiger charge is -2.26. The van der Waals surface area contributed by atoms with Gasteiger partial charge < -0.3 is 18.9 Å². The number of hydrogen-bond donors (Lipinski definition) is 0. The molecule has 2 aromatic heterocycles. The van der Waals surface area contributed by atoms with Crippen molar-refractivity contribution >= 4 is 5.95 Å². The van der Waals surface area contributed by atoms with E-state index in [-0.39, 0.29) is 0 Å². The van der Waals surface area contributed by atoms with Crippen LogP contribution in [-0.4, -0.2) is 52.9 Å². The molecule has 0 unspecified atom stereocenters. The van der Waals surface area contributed by atoms with Crippen LogP contribution in [0.5, 0.6) is 5.75 Å². The highest BCUT2D eigenvalue weighted by Crippen LogP contribution is 2.22. The summed E-state index contributed by atoms with van der Waals surface area (Å²) in [5.74, 6) is 1.68. The lowest BCUT2D eigenvalue weighted by molar-refractivity contribution is 0.122. The molecule has 0 aliphatic carbocycles. The summed E-state index contributed by atoms with van der Waals surface area (Å²) in [5.41, 5.74) is 4.43. The van der Waals surface area contributed by atoms with Crippen LogP contribution in [0.4, 0.5) is 5.95 Å². The number of nitrogens with zero attached hydrogens (tertiary/aromatic N) is 5. The number of rotatable bonds is 6. The van der Waals surface area contributed by atoms with Crippen molar-refractivity contribution in [3.8, 4) is 17.0 Å². The summed E-state index contributed by atoms with van der Waals surface area (Å²) in [7, 11) is 1.70. The third-order valence-corrected chi connectivity index (χ3v) is 5.04. The van der Waals surface area contributed by atoms with E-state index in [9.17, 15) is 0 Å². The average Bonchev–Trinajstić information content (AvgIpc) is 3.22. The summed E-state index contributed by atoms with van der Waals surface area (Å²) in [5, 5.41) is 0. The van der Waals surface area contributed by atoms with Crippen molar-refractivity contribution in [1.82, 2.24) is 19.5 Å². The number of imidazole rings is 1. The highest BCUT2D eigenvalue weighted by molar-refractivity contribution is 5.57. The van der Waals surface area contributed by atoms with Gasteiger partial charge in [0.1, 0.15) is 5.75 Å². The van der Waals surface area contributed by atoms with Crippen molar-refractivity contribution in [3.05, 3.63) is 54.2 Å². The predicted octanol–water partition coefficient (Wildman–Crippen LogP) is 2.74. The molecule has 0 atom stereocenters. The van der Waals surface area contributed by atoms with Crippen LogP contribution in [0, 0.1) is 6.92 Å². The monoisotopic (exact) mass is 379 g/mol. The Morgan fingerprint density at radius 1 is 1.11 bits per heavy atom. The molecular formula is C21H25N5O2. The van der Waals surface area contributed by atoms with E-state index in [1.54, 1.807) is 7.11 Å². The molecule has 1 saturated heterocycles. The zero-order valence-corrected chi connectivity index (χ0v) is 16.3. The Morgan fingerprint density at radius 3 is 2.61 bits per heavy atom. The van der Waals surface area contributed by atoms with Gasteiger partial charge in [-0.2, -0.15) is 0 Å². The molecule has 146 valence electrons. The molecule has 0 N–H and O–H groups in total. The van der Waals surface area contributed by atoms with E-state index in [2.05, 4.69) is 43.5 Å². The van der Waals surface area contributed by atoms with Crippen LogP contribution >= 0.6 is 0 Å². The summed E-state index contributed by atoms with van der Waals surface area (Å²) >= 11 is 0. The fraction of sp³-hybridized carbons (Fsp3) is 0.381. The second-order valence-electron chi connectivity index (χ2n) is 6.90. The first kappa shape index (κ1) is 18.4. The number of morpholine rings is 1. The van der Waals surface area contributed by atoms with Gasteiger partial charge in [0.2, 0.25) is 5.95 Å². The smallest absolute Gasteiger partial charge is 0.225 e. The van der Waals surface area contributed by atoms with Crippen LogP contribution in [0.15, 0.2) is 43.1 Å². The van der Waals surface area contributed by atoms with E-state index in [1.165, 1.54) is 5.56 Å². The molecule has 7 nitrogen and oxygen atoms in total. The van der Waals surface area contributed by atoms with E-state index in [0.29, 0.717) is 0 Å². The van der Waals surface area contributed by atoms with Gasteiger partial charge in [-0.1, -0.05) is 12.1 Å². The Morgan fingerprint density at radius 2 is 1.89 bits per heavy atom. The van der Waals surface area contributed by atoms with Crippen molar-refractivity contribution in [3.63, 3.8) is 0 Å². The number of hydrogen-bond acceptors (Lipinski definition) is 6. The minimum Gasteiger partial charge on any atom is -0.496 e. The summed E-state index contributed by atoms with van der Waals surface area (Å²) in [4.78, 5) is 15.6. The Bertz CT molecular complexity index is 917. The van der Waals surface area contributed by atoms with Gasteiger partial charge in [-0.3, -0.25) is 0 Å². The van der Waals surface area contributed by atoms with Gasteiger partial charge >= 0.3 is 0 Å². The molecule has 4 rings (SSSR count).